The summed E-state index contributed by atoms with van der Waals surface area (Å²) in [5.41, 5.74) is 5.72. The van der Waals surface area contributed by atoms with Crippen LogP contribution in [0, 0.1) is 6.92 Å². The maximum atomic E-state index is 13.6. The molecular formula is C44H53F3N6O4. The average Bonchev–Trinajstić information content (AvgIpc) is 3.43. The number of hydrogen-bond acceptors (Lipinski definition) is 7. The lowest BCUT2D eigenvalue weighted by atomic mass is 10.0. The van der Waals surface area contributed by atoms with Crippen molar-refractivity contribution in [3.63, 3.8) is 0 Å². The second-order valence-corrected chi connectivity index (χ2v) is 15.4. The van der Waals surface area contributed by atoms with Gasteiger partial charge >= 0.3 is 12.3 Å². The second kappa shape index (κ2) is 19.6. The molecule has 304 valence electrons. The van der Waals surface area contributed by atoms with Gasteiger partial charge in [-0.25, -0.2) is 4.79 Å². The van der Waals surface area contributed by atoms with Crippen molar-refractivity contribution in [2.24, 2.45) is 0 Å². The Morgan fingerprint density at radius 2 is 1.58 bits per heavy atom. The molecule has 57 heavy (non-hydrogen) atoms. The Kier molecular flexibility index (Phi) is 14.7. The number of anilines is 2. The van der Waals surface area contributed by atoms with Gasteiger partial charge in [0.25, 0.3) is 5.91 Å². The van der Waals surface area contributed by atoms with Crippen LogP contribution >= 0.6 is 0 Å². The van der Waals surface area contributed by atoms with Gasteiger partial charge in [0.15, 0.2) is 0 Å². The summed E-state index contributed by atoms with van der Waals surface area (Å²) in [4.78, 5) is 47.3. The number of aryl methyl sites for hydroxylation is 1. The number of alkyl halides is 3. The Hall–Kier alpha value is -5.43. The number of rotatable bonds is 9. The number of hydrogen-bond donors (Lipinski definition) is 2. The summed E-state index contributed by atoms with van der Waals surface area (Å²) in [5, 5.41) is 5.48. The zero-order valence-corrected chi connectivity index (χ0v) is 33.2. The number of carbonyl (C=O) groups excluding carboxylic acids is 3. The highest BCUT2D eigenvalue weighted by molar-refractivity contribution is 6.06. The van der Waals surface area contributed by atoms with E-state index in [1.54, 1.807) is 4.90 Å². The Labute approximate surface area is 333 Å². The first-order valence-electron chi connectivity index (χ1n) is 19.4. The van der Waals surface area contributed by atoms with E-state index in [0.717, 1.165) is 72.8 Å². The lowest BCUT2D eigenvalue weighted by Gasteiger charge is -2.29. The number of pyridine rings is 1. The third-order valence-corrected chi connectivity index (χ3v) is 9.64. The Bertz CT molecular complexity index is 1980. The number of carbonyl (C=O) groups is 3. The summed E-state index contributed by atoms with van der Waals surface area (Å²) < 4.78 is 42.2. The zero-order chi connectivity index (χ0) is 41.0. The van der Waals surface area contributed by atoms with E-state index in [2.05, 4.69) is 56.6 Å². The Balaban J connectivity index is 0.000000374. The van der Waals surface area contributed by atoms with Crippen LogP contribution < -0.4 is 15.5 Å². The van der Waals surface area contributed by atoms with E-state index in [4.69, 9.17) is 4.74 Å². The molecule has 3 heterocycles. The standard InChI is InChI=1S/C35H45N5O3.C9H8F3NO/c1-26-14-15-36-32(22-26)30-24-29(39-17-6-5-7-18-39)12-13-31(30)37-33(41)28-11-8-10-27(23-28)25-38-16-9-19-40(21-20-38)34(42)43-35(2,3)4;10-9(11,12)8-3-1-2-7(4-8)5-13-6-14/h8,10-15,22-24H,5-7,9,16-21,25H2,1-4H3,(H,37,41);1-4,6H,5H2,(H,13,14). The fourth-order valence-corrected chi connectivity index (χ4v) is 6.80. The van der Waals surface area contributed by atoms with Gasteiger partial charge < -0.3 is 25.2 Å². The highest BCUT2D eigenvalue weighted by atomic mass is 19.4. The van der Waals surface area contributed by atoms with Crippen LogP contribution in [0.1, 0.15) is 79.1 Å². The molecule has 0 radical (unpaired) electrons. The largest absolute Gasteiger partial charge is 0.444 e. The van der Waals surface area contributed by atoms with Gasteiger partial charge in [-0.05, 0) is 125 Å². The van der Waals surface area contributed by atoms with Gasteiger partial charge in [0.05, 0.1) is 16.9 Å². The highest BCUT2D eigenvalue weighted by Gasteiger charge is 2.30. The van der Waals surface area contributed by atoms with Crippen molar-refractivity contribution < 1.29 is 32.3 Å². The van der Waals surface area contributed by atoms with Crippen molar-refractivity contribution in [1.29, 1.82) is 0 Å². The maximum Gasteiger partial charge on any atom is 0.416 e. The summed E-state index contributed by atoms with van der Waals surface area (Å²) in [6.45, 7) is 13.6. The predicted octanol–water partition coefficient (Wildman–Crippen LogP) is 8.69. The van der Waals surface area contributed by atoms with Gasteiger partial charge in [-0.2, -0.15) is 13.2 Å². The van der Waals surface area contributed by atoms with Crippen molar-refractivity contribution in [1.82, 2.24) is 20.1 Å². The normalized spacial score (nSPS) is 15.1. The van der Waals surface area contributed by atoms with E-state index in [-0.39, 0.29) is 18.5 Å². The van der Waals surface area contributed by atoms with Crippen LogP contribution in [0.25, 0.3) is 11.3 Å². The van der Waals surface area contributed by atoms with E-state index >= 15 is 0 Å². The molecule has 0 bridgehead atoms. The van der Waals surface area contributed by atoms with Gasteiger partial charge in [0, 0.05) is 75.4 Å². The first kappa shape index (κ1) is 42.7. The molecule has 0 atom stereocenters. The molecule has 0 spiro atoms. The second-order valence-electron chi connectivity index (χ2n) is 15.4. The molecule has 10 nitrogen and oxygen atoms in total. The lowest BCUT2D eigenvalue weighted by molar-refractivity contribution is -0.137. The molecule has 3 amide bonds. The molecule has 1 aromatic heterocycles. The summed E-state index contributed by atoms with van der Waals surface area (Å²) in [7, 11) is 0. The number of benzene rings is 3. The van der Waals surface area contributed by atoms with E-state index < -0.39 is 17.3 Å². The Morgan fingerprint density at radius 3 is 2.30 bits per heavy atom. The number of nitrogens with one attached hydrogen (secondary N) is 2. The molecule has 3 aromatic carbocycles. The molecule has 2 saturated heterocycles. The molecule has 0 saturated carbocycles. The van der Waals surface area contributed by atoms with Gasteiger partial charge in [-0.1, -0.05) is 24.3 Å². The fourth-order valence-electron chi connectivity index (χ4n) is 6.80. The minimum absolute atomic E-state index is 0.105. The van der Waals surface area contributed by atoms with Gasteiger partial charge in [-0.15, -0.1) is 0 Å². The first-order valence-corrected chi connectivity index (χ1v) is 19.4. The number of nitrogens with zero attached hydrogens (tertiary/aromatic N) is 4. The van der Waals surface area contributed by atoms with Crippen LogP contribution in [0.5, 0.6) is 0 Å². The molecule has 13 heteroatoms. The Morgan fingerprint density at radius 1 is 0.825 bits per heavy atom. The van der Waals surface area contributed by atoms with Crippen LogP contribution in [0.4, 0.5) is 29.3 Å². The summed E-state index contributed by atoms with van der Waals surface area (Å²) >= 11 is 0. The van der Waals surface area contributed by atoms with Gasteiger partial charge in [0.1, 0.15) is 5.60 Å². The molecule has 0 aliphatic carbocycles. The summed E-state index contributed by atoms with van der Waals surface area (Å²) in [6, 6.07) is 23.0. The lowest BCUT2D eigenvalue weighted by Crippen LogP contribution is -2.39. The average molecular weight is 787 g/mol. The first-order chi connectivity index (χ1) is 27.2. The van der Waals surface area contributed by atoms with Crippen LogP contribution in [0.2, 0.25) is 0 Å². The smallest absolute Gasteiger partial charge is 0.416 e. The van der Waals surface area contributed by atoms with E-state index in [9.17, 15) is 27.6 Å². The number of aromatic nitrogens is 1. The van der Waals surface area contributed by atoms with Crippen molar-refractivity contribution in [2.75, 3.05) is 49.5 Å². The molecule has 2 N–H and O–H groups in total. The van der Waals surface area contributed by atoms with E-state index in [1.807, 2.05) is 57.3 Å². The molecular weight excluding hydrogens is 734 g/mol. The van der Waals surface area contributed by atoms with Crippen molar-refractivity contribution >= 4 is 29.8 Å². The minimum Gasteiger partial charge on any atom is -0.444 e. The fraction of sp³-hybridized carbons (Fsp3) is 0.409. The SMILES string of the molecule is Cc1ccnc(-c2cc(N3CCCCC3)ccc2NC(=O)c2cccc(CN3CCCN(C(=O)OC(C)(C)C)CC3)c2)c1.O=CNCc1cccc(C(F)(F)F)c1. The zero-order valence-electron chi connectivity index (χ0n) is 33.2. The predicted molar refractivity (Wildman–Crippen MR) is 217 cm³/mol. The minimum atomic E-state index is -4.34. The highest BCUT2D eigenvalue weighted by Crippen LogP contribution is 2.33. The summed E-state index contributed by atoms with van der Waals surface area (Å²) in [5.74, 6) is -0.145. The monoisotopic (exact) mass is 786 g/mol. The molecule has 0 unspecified atom stereocenters. The van der Waals surface area contributed by atoms with Crippen LogP contribution in [0.3, 0.4) is 0 Å². The van der Waals surface area contributed by atoms with Crippen LogP contribution in [-0.2, 0) is 28.8 Å². The molecule has 2 aliphatic rings. The molecule has 4 aromatic rings. The van der Waals surface area contributed by atoms with E-state index in [0.29, 0.717) is 37.2 Å². The van der Waals surface area contributed by atoms with Gasteiger partial charge in [0.2, 0.25) is 6.41 Å². The topological polar surface area (TPSA) is 107 Å². The van der Waals surface area contributed by atoms with Gasteiger partial charge in [-0.3, -0.25) is 19.5 Å². The third kappa shape index (κ3) is 13.1. The van der Waals surface area contributed by atoms with Crippen molar-refractivity contribution in [3.05, 3.63) is 113 Å². The third-order valence-electron chi connectivity index (χ3n) is 9.64. The molecule has 2 aliphatic heterocycles. The molecule has 2 fully saturated rings. The quantitative estimate of drug-likeness (QED) is 0.164. The van der Waals surface area contributed by atoms with Crippen molar-refractivity contribution in [3.8, 4) is 11.3 Å². The number of halogens is 3. The van der Waals surface area contributed by atoms with Crippen LogP contribution in [-0.4, -0.2) is 78.1 Å². The van der Waals surface area contributed by atoms with Crippen molar-refractivity contribution in [2.45, 2.75) is 78.2 Å². The number of piperidine rings is 1. The maximum absolute atomic E-state index is 13.6. The summed E-state index contributed by atoms with van der Waals surface area (Å²) in [6.07, 6.45) is 2.23. The number of ether oxygens (including phenoxy) is 1. The molecule has 6 rings (SSSR count). The van der Waals surface area contributed by atoms with Crippen LogP contribution in [0.15, 0.2) is 85.1 Å². The number of amides is 3. The van der Waals surface area contributed by atoms with E-state index in [1.165, 1.54) is 37.1 Å².